The Labute approximate surface area is 140 Å². The van der Waals surface area contributed by atoms with E-state index in [1.54, 1.807) is 17.0 Å². The molecule has 23 heavy (non-hydrogen) atoms. The summed E-state index contributed by atoms with van der Waals surface area (Å²) < 4.78 is 5.27. The molecule has 0 unspecified atom stereocenters. The normalized spacial score (nSPS) is 17.5. The van der Waals surface area contributed by atoms with Crippen LogP contribution in [0.15, 0.2) is 24.3 Å². The molecule has 0 bridgehead atoms. The van der Waals surface area contributed by atoms with E-state index in [9.17, 15) is 9.59 Å². The van der Waals surface area contributed by atoms with Gasteiger partial charge < -0.3 is 20.3 Å². The number of amides is 2. The highest BCUT2D eigenvalue weighted by molar-refractivity contribution is 7.80. The number of para-hydroxylation sites is 1. The van der Waals surface area contributed by atoms with Gasteiger partial charge in [0.1, 0.15) is 0 Å². The molecule has 0 radical (unpaired) electrons. The first-order chi connectivity index (χ1) is 11.1. The molecule has 6 nitrogen and oxygen atoms in total. The van der Waals surface area contributed by atoms with Gasteiger partial charge in [-0.25, -0.2) is 0 Å². The van der Waals surface area contributed by atoms with E-state index in [2.05, 4.69) is 10.6 Å². The van der Waals surface area contributed by atoms with E-state index in [0.29, 0.717) is 37.6 Å². The van der Waals surface area contributed by atoms with Crippen molar-refractivity contribution in [3.63, 3.8) is 0 Å². The summed E-state index contributed by atoms with van der Waals surface area (Å²) in [5.74, 6) is -0.0350. The van der Waals surface area contributed by atoms with Crippen LogP contribution in [-0.2, 0) is 9.53 Å². The van der Waals surface area contributed by atoms with E-state index < -0.39 is 0 Å². The Morgan fingerprint density at radius 2 is 1.87 bits per heavy atom. The van der Waals surface area contributed by atoms with Crippen LogP contribution in [0.1, 0.15) is 23.2 Å². The summed E-state index contributed by atoms with van der Waals surface area (Å²) in [5, 5.41) is 5.86. The van der Waals surface area contributed by atoms with Gasteiger partial charge in [0.05, 0.1) is 24.5 Å². The number of carbonyl (C=O) groups is 2. The molecule has 0 aromatic heterocycles. The van der Waals surface area contributed by atoms with Crippen LogP contribution in [0.3, 0.4) is 0 Å². The number of morpholine rings is 1. The molecule has 1 saturated carbocycles. The first-order valence-electron chi connectivity index (χ1n) is 7.73. The standard InChI is InChI=1S/C16H19N3O3S/c20-14(11-5-6-11)18-16(23)17-13-4-2-1-3-12(13)15(21)19-7-9-22-10-8-19/h1-4,11H,5-10H2,(H2,17,18,20,23). The van der Waals surface area contributed by atoms with Gasteiger partial charge in [-0.1, -0.05) is 12.1 Å². The first kappa shape index (κ1) is 15.9. The van der Waals surface area contributed by atoms with Crippen molar-refractivity contribution in [1.29, 1.82) is 0 Å². The maximum absolute atomic E-state index is 12.6. The number of hydrogen-bond donors (Lipinski definition) is 2. The summed E-state index contributed by atoms with van der Waals surface area (Å²) >= 11 is 5.17. The lowest BCUT2D eigenvalue weighted by molar-refractivity contribution is -0.120. The number of nitrogens with zero attached hydrogens (tertiary/aromatic N) is 1. The number of rotatable bonds is 3. The summed E-state index contributed by atoms with van der Waals surface area (Å²) in [5.41, 5.74) is 1.14. The third-order valence-electron chi connectivity index (χ3n) is 3.89. The van der Waals surface area contributed by atoms with E-state index in [4.69, 9.17) is 17.0 Å². The molecule has 1 aliphatic carbocycles. The van der Waals surface area contributed by atoms with Gasteiger partial charge >= 0.3 is 0 Å². The zero-order valence-electron chi connectivity index (χ0n) is 12.7. The number of anilines is 1. The second-order valence-corrected chi connectivity index (χ2v) is 6.08. The summed E-state index contributed by atoms with van der Waals surface area (Å²) in [6, 6.07) is 7.17. The van der Waals surface area contributed by atoms with Crippen LogP contribution >= 0.6 is 12.2 Å². The molecule has 3 rings (SSSR count). The fraction of sp³-hybridized carbons (Fsp3) is 0.438. The van der Waals surface area contributed by atoms with Crippen LogP contribution in [0.4, 0.5) is 5.69 Å². The third kappa shape index (κ3) is 4.05. The second-order valence-electron chi connectivity index (χ2n) is 5.67. The Morgan fingerprint density at radius 3 is 2.57 bits per heavy atom. The monoisotopic (exact) mass is 333 g/mol. The van der Waals surface area contributed by atoms with Gasteiger partial charge in [0.15, 0.2) is 5.11 Å². The lowest BCUT2D eigenvalue weighted by Crippen LogP contribution is -2.41. The van der Waals surface area contributed by atoms with Crippen molar-refractivity contribution in [1.82, 2.24) is 10.2 Å². The minimum atomic E-state index is -0.0623. The van der Waals surface area contributed by atoms with Gasteiger partial charge in [0, 0.05) is 19.0 Å². The minimum Gasteiger partial charge on any atom is -0.378 e. The highest BCUT2D eigenvalue weighted by atomic mass is 32.1. The van der Waals surface area contributed by atoms with Gasteiger partial charge in [-0.05, 0) is 37.2 Å². The molecule has 7 heteroatoms. The van der Waals surface area contributed by atoms with Crippen molar-refractivity contribution in [2.75, 3.05) is 31.6 Å². The van der Waals surface area contributed by atoms with Crippen molar-refractivity contribution in [3.05, 3.63) is 29.8 Å². The Morgan fingerprint density at radius 1 is 1.17 bits per heavy atom. The molecule has 2 N–H and O–H groups in total. The van der Waals surface area contributed by atoms with Gasteiger partial charge in [-0.2, -0.15) is 0 Å². The SMILES string of the molecule is O=C(NC(=S)Nc1ccccc1C(=O)N1CCOCC1)C1CC1. The van der Waals surface area contributed by atoms with E-state index in [1.807, 2.05) is 12.1 Å². The van der Waals surface area contributed by atoms with Crippen molar-refractivity contribution < 1.29 is 14.3 Å². The van der Waals surface area contributed by atoms with Crippen LogP contribution in [0.5, 0.6) is 0 Å². The van der Waals surface area contributed by atoms with Gasteiger partial charge in [0.25, 0.3) is 5.91 Å². The first-order valence-corrected chi connectivity index (χ1v) is 8.14. The number of benzene rings is 1. The predicted molar refractivity (Wildman–Crippen MR) is 90.3 cm³/mol. The van der Waals surface area contributed by atoms with Crippen LogP contribution in [0.25, 0.3) is 0 Å². The lowest BCUT2D eigenvalue weighted by atomic mass is 10.1. The number of ether oxygens (including phenoxy) is 1. The second kappa shape index (κ2) is 7.06. The molecule has 0 spiro atoms. The van der Waals surface area contributed by atoms with E-state index in [0.717, 1.165) is 12.8 Å². The number of carbonyl (C=O) groups excluding carboxylic acids is 2. The molecule has 2 fully saturated rings. The molecule has 1 saturated heterocycles. The molecule has 1 aliphatic heterocycles. The maximum atomic E-state index is 12.6. The molecule has 122 valence electrons. The zero-order chi connectivity index (χ0) is 16.2. The molecular formula is C16H19N3O3S. The summed E-state index contributed by atoms with van der Waals surface area (Å²) in [4.78, 5) is 26.1. The quantitative estimate of drug-likeness (QED) is 0.818. The fourth-order valence-electron chi connectivity index (χ4n) is 2.43. The topological polar surface area (TPSA) is 70.7 Å². The Hall–Kier alpha value is -1.99. The molecule has 2 amide bonds. The van der Waals surface area contributed by atoms with Crippen molar-refractivity contribution >= 4 is 34.8 Å². The number of thiocarbonyl (C=S) groups is 1. The average Bonchev–Trinajstić information content (AvgIpc) is 3.40. The molecular weight excluding hydrogens is 314 g/mol. The fourth-order valence-corrected chi connectivity index (χ4v) is 2.64. The Balaban J connectivity index is 1.68. The van der Waals surface area contributed by atoms with Gasteiger partial charge in [-0.15, -0.1) is 0 Å². The summed E-state index contributed by atoms with van der Waals surface area (Å²) in [7, 11) is 0. The summed E-state index contributed by atoms with van der Waals surface area (Å²) in [6.07, 6.45) is 1.83. The van der Waals surface area contributed by atoms with E-state index >= 15 is 0 Å². The molecule has 2 aliphatic rings. The minimum absolute atomic E-state index is 0.0560. The molecule has 1 aromatic carbocycles. The van der Waals surface area contributed by atoms with Gasteiger partial charge in [0.2, 0.25) is 5.91 Å². The lowest BCUT2D eigenvalue weighted by Gasteiger charge is -2.27. The number of nitrogens with one attached hydrogen (secondary N) is 2. The van der Waals surface area contributed by atoms with Crippen molar-refractivity contribution in [2.45, 2.75) is 12.8 Å². The Kier molecular flexibility index (Phi) is 4.88. The number of hydrogen-bond acceptors (Lipinski definition) is 4. The van der Waals surface area contributed by atoms with Crippen LogP contribution < -0.4 is 10.6 Å². The molecule has 1 aromatic rings. The maximum Gasteiger partial charge on any atom is 0.256 e. The smallest absolute Gasteiger partial charge is 0.256 e. The van der Waals surface area contributed by atoms with Crippen LogP contribution in [0.2, 0.25) is 0 Å². The van der Waals surface area contributed by atoms with E-state index in [-0.39, 0.29) is 22.8 Å². The highest BCUT2D eigenvalue weighted by Crippen LogP contribution is 2.28. The summed E-state index contributed by atoms with van der Waals surface area (Å²) in [6.45, 7) is 2.26. The van der Waals surface area contributed by atoms with Gasteiger partial charge in [-0.3, -0.25) is 9.59 Å². The van der Waals surface area contributed by atoms with E-state index in [1.165, 1.54) is 0 Å². The van der Waals surface area contributed by atoms with Crippen LogP contribution in [0, 0.1) is 5.92 Å². The van der Waals surface area contributed by atoms with Crippen molar-refractivity contribution in [2.24, 2.45) is 5.92 Å². The largest absolute Gasteiger partial charge is 0.378 e. The van der Waals surface area contributed by atoms with Crippen molar-refractivity contribution in [3.8, 4) is 0 Å². The average molecular weight is 333 g/mol. The third-order valence-corrected chi connectivity index (χ3v) is 4.09. The highest BCUT2D eigenvalue weighted by Gasteiger charge is 2.30. The zero-order valence-corrected chi connectivity index (χ0v) is 13.5. The molecule has 0 atom stereocenters. The Bertz CT molecular complexity index is 625. The predicted octanol–water partition coefficient (Wildman–Crippen LogP) is 1.38. The van der Waals surface area contributed by atoms with Crippen LogP contribution in [-0.4, -0.2) is 48.1 Å². The molecule has 1 heterocycles.